The fraction of sp³-hybridized carbons (Fsp3) is 0.238. The lowest BCUT2D eigenvalue weighted by atomic mass is 9.95. The first-order valence-electron chi connectivity index (χ1n) is 8.68. The third-order valence-corrected chi connectivity index (χ3v) is 4.98. The van der Waals surface area contributed by atoms with E-state index in [4.69, 9.17) is 0 Å². The molecule has 0 radical (unpaired) electrons. The molecule has 2 aliphatic rings. The Kier molecular flexibility index (Phi) is 4.07. The Balaban J connectivity index is 1.93. The van der Waals surface area contributed by atoms with Gasteiger partial charge >= 0.3 is 0 Å². The van der Waals surface area contributed by atoms with E-state index in [0.29, 0.717) is 18.8 Å². The molecule has 2 heterocycles. The van der Waals surface area contributed by atoms with E-state index in [0.717, 1.165) is 22.5 Å². The third kappa shape index (κ3) is 2.60. The van der Waals surface area contributed by atoms with Crippen molar-refractivity contribution in [2.24, 2.45) is 4.99 Å². The molecule has 2 aromatic carbocycles. The summed E-state index contributed by atoms with van der Waals surface area (Å²) in [6, 6.07) is 15.7. The molecule has 4 rings (SSSR count). The summed E-state index contributed by atoms with van der Waals surface area (Å²) in [5.41, 5.74) is 4.15. The summed E-state index contributed by atoms with van der Waals surface area (Å²) in [4.78, 5) is 21.8. The molecule has 132 valence electrons. The van der Waals surface area contributed by atoms with Gasteiger partial charge in [-0.1, -0.05) is 30.3 Å². The number of hydrogen-bond acceptors (Lipinski definition) is 3. The number of carbonyl (C=O) groups is 1. The number of hydrogen-bond donors (Lipinski definition) is 0. The zero-order valence-corrected chi connectivity index (χ0v) is 14.8. The van der Waals surface area contributed by atoms with Crippen molar-refractivity contribution in [3.05, 3.63) is 77.2 Å². The molecule has 0 saturated heterocycles. The number of nitrogens with zero attached hydrogens (tertiary/aromatic N) is 3. The predicted molar refractivity (Wildman–Crippen MR) is 101 cm³/mol. The molecule has 0 bridgehead atoms. The topological polar surface area (TPSA) is 35.9 Å². The van der Waals surface area contributed by atoms with Crippen molar-refractivity contribution in [2.45, 2.75) is 13.0 Å². The summed E-state index contributed by atoms with van der Waals surface area (Å²) in [7, 11) is 1.93. The van der Waals surface area contributed by atoms with Crippen LogP contribution in [0.3, 0.4) is 0 Å². The van der Waals surface area contributed by atoms with Crippen LogP contribution in [0.5, 0.6) is 0 Å². The van der Waals surface area contributed by atoms with Gasteiger partial charge in [-0.15, -0.1) is 0 Å². The summed E-state index contributed by atoms with van der Waals surface area (Å²) in [6.45, 7) is 3.30. The molecule has 0 saturated carbocycles. The molecule has 2 aliphatic heterocycles. The van der Waals surface area contributed by atoms with Gasteiger partial charge in [0.2, 0.25) is 0 Å². The minimum absolute atomic E-state index is 0.0422. The Bertz CT molecular complexity index is 903. The standard InChI is InChI=1S/C21H20FN3O/c1-14-18-19(15-8-10-16(22)11-9-15)25(17-6-4-3-5-7-17)21(26)20(18)24(2)13-12-23-14/h3-11,19H,12-13H2,1-2H3. The number of amides is 1. The van der Waals surface area contributed by atoms with Crippen molar-refractivity contribution in [3.63, 3.8) is 0 Å². The molecule has 1 unspecified atom stereocenters. The van der Waals surface area contributed by atoms with Crippen molar-refractivity contribution in [3.8, 4) is 0 Å². The molecule has 0 spiro atoms. The maximum atomic E-state index is 13.5. The van der Waals surface area contributed by atoms with Crippen LogP contribution in [0.25, 0.3) is 0 Å². The minimum Gasteiger partial charge on any atom is -0.368 e. The van der Waals surface area contributed by atoms with Crippen molar-refractivity contribution >= 4 is 17.3 Å². The van der Waals surface area contributed by atoms with Gasteiger partial charge in [-0.25, -0.2) is 4.39 Å². The highest BCUT2D eigenvalue weighted by Gasteiger charge is 2.44. The van der Waals surface area contributed by atoms with Crippen LogP contribution in [0.15, 0.2) is 70.9 Å². The highest BCUT2D eigenvalue weighted by Crippen LogP contribution is 2.43. The quantitative estimate of drug-likeness (QED) is 0.831. The summed E-state index contributed by atoms with van der Waals surface area (Å²) in [6.07, 6.45) is 0. The van der Waals surface area contributed by atoms with Crippen LogP contribution in [0.4, 0.5) is 10.1 Å². The number of para-hydroxylation sites is 1. The molecule has 2 aromatic rings. The lowest BCUT2D eigenvalue weighted by molar-refractivity contribution is -0.116. The van der Waals surface area contributed by atoms with Gasteiger partial charge < -0.3 is 4.90 Å². The summed E-state index contributed by atoms with van der Waals surface area (Å²) < 4.78 is 13.5. The Labute approximate surface area is 152 Å². The first-order valence-corrected chi connectivity index (χ1v) is 8.68. The van der Waals surface area contributed by atoms with Crippen LogP contribution in [0.1, 0.15) is 18.5 Å². The zero-order valence-electron chi connectivity index (χ0n) is 14.8. The van der Waals surface area contributed by atoms with Gasteiger partial charge in [0.15, 0.2) is 0 Å². The number of carbonyl (C=O) groups excluding carboxylic acids is 1. The molecule has 0 fully saturated rings. The second-order valence-electron chi connectivity index (χ2n) is 6.62. The Morgan fingerprint density at radius 3 is 2.46 bits per heavy atom. The van der Waals surface area contributed by atoms with Gasteiger partial charge in [-0.3, -0.25) is 14.7 Å². The lowest BCUT2D eigenvalue weighted by Crippen LogP contribution is -2.34. The first-order chi connectivity index (χ1) is 12.6. The van der Waals surface area contributed by atoms with Crippen molar-refractivity contribution in [1.82, 2.24) is 4.90 Å². The normalized spacial score (nSPS) is 20.2. The van der Waals surface area contributed by atoms with Crippen LogP contribution >= 0.6 is 0 Å². The van der Waals surface area contributed by atoms with E-state index in [9.17, 15) is 9.18 Å². The smallest absolute Gasteiger partial charge is 0.275 e. The Hall–Kier alpha value is -2.95. The molecule has 0 aliphatic carbocycles. The minimum atomic E-state index is -0.315. The fourth-order valence-corrected chi connectivity index (χ4v) is 3.72. The largest absolute Gasteiger partial charge is 0.368 e. The van der Waals surface area contributed by atoms with E-state index >= 15 is 0 Å². The monoisotopic (exact) mass is 349 g/mol. The Morgan fingerprint density at radius 2 is 1.77 bits per heavy atom. The van der Waals surface area contributed by atoms with Gasteiger partial charge in [0.1, 0.15) is 11.5 Å². The summed E-state index contributed by atoms with van der Waals surface area (Å²) in [5.74, 6) is -0.332. The van der Waals surface area contributed by atoms with Crippen LogP contribution in [0, 0.1) is 5.82 Å². The number of rotatable bonds is 2. The summed E-state index contributed by atoms with van der Waals surface area (Å²) >= 11 is 0. The van der Waals surface area contributed by atoms with Crippen molar-refractivity contribution in [1.29, 1.82) is 0 Å². The van der Waals surface area contributed by atoms with E-state index in [1.54, 1.807) is 17.0 Å². The fourth-order valence-electron chi connectivity index (χ4n) is 3.72. The second-order valence-corrected chi connectivity index (χ2v) is 6.62. The lowest BCUT2D eigenvalue weighted by Gasteiger charge is -2.28. The molecular weight excluding hydrogens is 329 g/mol. The molecule has 1 amide bonds. The van der Waals surface area contributed by atoms with Gasteiger partial charge in [0, 0.05) is 30.6 Å². The van der Waals surface area contributed by atoms with Crippen LogP contribution in [-0.4, -0.2) is 36.7 Å². The highest BCUT2D eigenvalue weighted by molar-refractivity contribution is 6.18. The number of anilines is 1. The van der Waals surface area contributed by atoms with Gasteiger partial charge in [-0.2, -0.15) is 0 Å². The van der Waals surface area contributed by atoms with Gasteiger partial charge in [-0.05, 0) is 36.8 Å². The van der Waals surface area contributed by atoms with E-state index in [2.05, 4.69) is 4.99 Å². The molecular formula is C21H20FN3O. The number of aliphatic imine (C=N–C) groups is 1. The third-order valence-electron chi connectivity index (χ3n) is 4.98. The van der Waals surface area contributed by atoms with E-state index in [1.165, 1.54) is 12.1 Å². The zero-order chi connectivity index (χ0) is 18.3. The maximum Gasteiger partial charge on any atom is 0.275 e. The molecule has 4 nitrogen and oxygen atoms in total. The molecule has 0 aromatic heterocycles. The first kappa shape index (κ1) is 16.5. The van der Waals surface area contributed by atoms with Crippen molar-refractivity contribution in [2.75, 3.05) is 25.0 Å². The number of benzene rings is 2. The number of halogens is 1. The van der Waals surface area contributed by atoms with Crippen LogP contribution in [-0.2, 0) is 4.79 Å². The molecule has 0 N–H and O–H groups in total. The number of likely N-dealkylation sites (N-methyl/N-ethyl adjacent to an activating group) is 1. The maximum absolute atomic E-state index is 13.5. The van der Waals surface area contributed by atoms with Crippen LogP contribution in [0.2, 0.25) is 0 Å². The average molecular weight is 349 g/mol. The highest BCUT2D eigenvalue weighted by atomic mass is 19.1. The molecule has 26 heavy (non-hydrogen) atoms. The Morgan fingerprint density at radius 1 is 1.08 bits per heavy atom. The predicted octanol–water partition coefficient (Wildman–Crippen LogP) is 3.57. The average Bonchev–Trinajstić information content (AvgIpc) is 2.87. The van der Waals surface area contributed by atoms with E-state index in [-0.39, 0.29) is 17.8 Å². The van der Waals surface area contributed by atoms with Crippen LogP contribution < -0.4 is 4.90 Å². The van der Waals surface area contributed by atoms with E-state index in [1.807, 2.05) is 49.2 Å². The SMILES string of the molecule is CC1=NCCN(C)C2=C1C(c1ccc(F)cc1)N(c1ccccc1)C2=O. The molecule has 1 atom stereocenters. The van der Waals surface area contributed by atoms with Crippen molar-refractivity contribution < 1.29 is 9.18 Å². The van der Waals surface area contributed by atoms with Gasteiger partial charge in [0.25, 0.3) is 5.91 Å². The van der Waals surface area contributed by atoms with E-state index < -0.39 is 0 Å². The van der Waals surface area contributed by atoms with Gasteiger partial charge in [0.05, 0.1) is 12.6 Å². The summed E-state index contributed by atoms with van der Waals surface area (Å²) in [5, 5.41) is 0. The second kappa shape index (κ2) is 6.41. The molecule has 5 heteroatoms.